The van der Waals surface area contributed by atoms with Crippen LogP contribution in [-0.4, -0.2) is 53.0 Å². The second-order valence-corrected chi connectivity index (χ2v) is 8.31. The molecule has 0 saturated carbocycles. The third kappa shape index (κ3) is 3.41. The van der Waals surface area contributed by atoms with Crippen molar-refractivity contribution in [3.8, 4) is 11.5 Å². The summed E-state index contributed by atoms with van der Waals surface area (Å²) in [4.78, 5) is 18.5. The summed E-state index contributed by atoms with van der Waals surface area (Å²) in [5, 5.41) is 3.64. The van der Waals surface area contributed by atoms with Crippen molar-refractivity contribution in [1.82, 2.24) is 24.8 Å². The van der Waals surface area contributed by atoms with Crippen molar-refractivity contribution in [3.63, 3.8) is 0 Å². The van der Waals surface area contributed by atoms with E-state index in [0.717, 1.165) is 40.6 Å². The molecule has 2 aliphatic heterocycles. The lowest BCUT2D eigenvalue weighted by atomic mass is 10.1. The van der Waals surface area contributed by atoms with Gasteiger partial charge in [-0.3, -0.25) is 19.4 Å². The van der Waals surface area contributed by atoms with Gasteiger partial charge < -0.3 is 14.8 Å². The van der Waals surface area contributed by atoms with Crippen molar-refractivity contribution >= 4 is 22.9 Å². The van der Waals surface area contributed by atoms with Crippen LogP contribution in [0.5, 0.6) is 11.5 Å². The van der Waals surface area contributed by atoms with Gasteiger partial charge in [-0.05, 0) is 41.5 Å². The standard InChI is InChI=1S/C25H25N7O2/c1-33-21-10-9-18(12-22(21)34-2)23-29-24-27-15-30(14-17-6-5-11-26-13-17)16-31(24)25-28-19-7-3-4-8-20(19)32(23)25/h3-13,23H,14-16H2,1-2H3,(H,27,29)/t23-/m1/s1. The fraction of sp³-hybridized carbons (Fsp3) is 0.240. The Morgan fingerprint density at radius 2 is 1.91 bits per heavy atom. The molecule has 1 N–H and O–H groups in total. The van der Waals surface area contributed by atoms with Crippen molar-refractivity contribution in [2.45, 2.75) is 12.7 Å². The Bertz CT molecular complexity index is 1370. The van der Waals surface area contributed by atoms with Crippen LogP contribution in [-0.2, 0) is 6.54 Å². The van der Waals surface area contributed by atoms with Gasteiger partial charge in [0.05, 0.1) is 38.6 Å². The fourth-order valence-electron chi connectivity index (χ4n) is 4.61. The number of hydrogen-bond donors (Lipinski definition) is 1. The highest BCUT2D eigenvalue weighted by Crippen LogP contribution is 2.37. The molecule has 2 aromatic carbocycles. The van der Waals surface area contributed by atoms with E-state index < -0.39 is 0 Å². The highest BCUT2D eigenvalue weighted by Gasteiger charge is 2.36. The van der Waals surface area contributed by atoms with Crippen LogP contribution in [0.15, 0.2) is 72.0 Å². The minimum atomic E-state index is -0.193. The van der Waals surface area contributed by atoms with Gasteiger partial charge in [-0.15, -0.1) is 0 Å². The van der Waals surface area contributed by atoms with E-state index in [1.54, 1.807) is 20.4 Å². The van der Waals surface area contributed by atoms with Crippen LogP contribution in [0.1, 0.15) is 17.3 Å². The normalized spacial score (nSPS) is 17.5. The Labute approximate surface area is 197 Å². The van der Waals surface area contributed by atoms with Gasteiger partial charge in [0.1, 0.15) is 6.17 Å². The second kappa shape index (κ2) is 8.35. The molecule has 0 radical (unpaired) electrons. The molecule has 4 heterocycles. The number of methoxy groups -OCH3 is 2. The number of nitrogens with one attached hydrogen (secondary N) is 1. The smallest absolute Gasteiger partial charge is 0.216 e. The Hall–Kier alpha value is -4.11. The van der Waals surface area contributed by atoms with E-state index in [-0.39, 0.29) is 6.17 Å². The number of ether oxygens (including phenoxy) is 2. The summed E-state index contributed by atoms with van der Waals surface area (Å²) in [6, 6.07) is 18.2. The number of fused-ring (bicyclic) bond motifs is 5. The van der Waals surface area contributed by atoms with E-state index in [1.807, 2.05) is 48.7 Å². The highest BCUT2D eigenvalue weighted by atomic mass is 16.5. The Balaban J connectivity index is 1.42. The van der Waals surface area contributed by atoms with Crippen LogP contribution in [0.3, 0.4) is 0 Å². The number of hydrogen-bond acceptors (Lipinski definition) is 8. The molecule has 0 amide bonds. The van der Waals surface area contributed by atoms with Crippen molar-refractivity contribution < 1.29 is 9.47 Å². The average Bonchev–Trinajstić information content (AvgIpc) is 3.28. The summed E-state index contributed by atoms with van der Waals surface area (Å²) in [5.41, 5.74) is 4.17. The number of pyridine rings is 1. The van der Waals surface area contributed by atoms with Gasteiger partial charge in [0.25, 0.3) is 0 Å². The minimum Gasteiger partial charge on any atom is -0.493 e. The van der Waals surface area contributed by atoms with Gasteiger partial charge in [0.2, 0.25) is 11.9 Å². The Kier molecular flexibility index (Phi) is 5.03. The number of guanidine groups is 1. The highest BCUT2D eigenvalue weighted by molar-refractivity contribution is 5.98. The molecule has 0 bridgehead atoms. The van der Waals surface area contributed by atoms with E-state index in [2.05, 4.69) is 36.8 Å². The zero-order valence-corrected chi connectivity index (χ0v) is 19.0. The number of aromatic nitrogens is 3. The molecule has 1 atom stereocenters. The van der Waals surface area contributed by atoms with E-state index >= 15 is 0 Å². The number of rotatable bonds is 5. The molecular weight excluding hydrogens is 430 g/mol. The summed E-state index contributed by atoms with van der Waals surface area (Å²) in [6.45, 7) is 2.02. The molecule has 0 spiro atoms. The molecule has 2 aromatic heterocycles. The molecule has 2 aliphatic rings. The molecule has 4 aromatic rings. The van der Waals surface area contributed by atoms with Crippen molar-refractivity contribution in [2.24, 2.45) is 4.99 Å². The lowest BCUT2D eigenvalue weighted by Gasteiger charge is -2.41. The second-order valence-electron chi connectivity index (χ2n) is 8.31. The summed E-state index contributed by atoms with van der Waals surface area (Å²) >= 11 is 0. The maximum atomic E-state index is 5.57. The van der Waals surface area contributed by atoms with Crippen LogP contribution in [0, 0.1) is 0 Å². The molecule has 172 valence electrons. The van der Waals surface area contributed by atoms with Gasteiger partial charge >= 0.3 is 0 Å². The quantitative estimate of drug-likeness (QED) is 0.495. The number of aliphatic imine (C=N–C) groups is 1. The summed E-state index contributed by atoms with van der Waals surface area (Å²) in [6.07, 6.45) is 3.50. The third-order valence-corrected chi connectivity index (χ3v) is 6.21. The first-order valence-electron chi connectivity index (χ1n) is 11.1. The summed E-state index contributed by atoms with van der Waals surface area (Å²) < 4.78 is 13.2. The SMILES string of the molecule is COc1ccc([C@@H]2NC3=NCN(Cc4cccnc4)CN3c3nc4ccccc4n32)cc1OC. The summed E-state index contributed by atoms with van der Waals surface area (Å²) in [7, 11) is 3.29. The summed E-state index contributed by atoms with van der Waals surface area (Å²) in [5.74, 6) is 3.04. The van der Waals surface area contributed by atoms with Crippen molar-refractivity contribution in [1.29, 1.82) is 0 Å². The van der Waals surface area contributed by atoms with Crippen molar-refractivity contribution in [2.75, 3.05) is 32.5 Å². The van der Waals surface area contributed by atoms with Crippen molar-refractivity contribution in [3.05, 3.63) is 78.1 Å². The number of imidazole rings is 1. The number of benzene rings is 2. The van der Waals surface area contributed by atoms with Gasteiger partial charge in [0.15, 0.2) is 11.5 Å². The monoisotopic (exact) mass is 455 g/mol. The fourth-order valence-corrected chi connectivity index (χ4v) is 4.61. The first kappa shape index (κ1) is 20.5. The largest absolute Gasteiger partial charge is 0.493 e. The van der Waals surface area contributed by atoms with Crippen LogP contribution in [0.4, 0.5) is 5.95 Å². The number of anilines is 1. The van der Waals surface area contributed by atoms with E-state index in [9.17, 15) is 0 Å². The topological polar surface area (TPSA) is 80.0 Å². The molecule has 0 fully saturated rings. The average molecular weight is 456 g/mol. The third-order valence-electron chi connectivity index (χ3n) is 6.21. The van der Waals surface area contributed by atoms with E-state index in [0.29, 0.717) is 24.8 Å². The molecule has 0 unspecified atom stereocenters. The van der Waals surface area contributed by atoms with Gasteiger partial charge in [-0.1, -0.05) is 24.3 Å². The van der Waals surface area contributed by atoms with Gasteiger partial charge in [0, 0.05) is 18.9 Å². The Morgan fingerprint density at radius 1 is 1.03 bits per heavy atom. The zero-order chi connectivity index (χ0) is 23.1. The minimum absolute atomic E-state index is 0.193. The first-order chi connectivity index (χ1) is 16.7. The lowest BCUT2D eigenvalue weighted by molar-refractivity contribution is 0.263. The predicted octanol–water partition coefficient (Wildman–Crippen LogP) is 3.19. The van der Waals surface area contributed by atoms with Crippen LogP contribution >= 0.6 is 0 Å². The molecule has 0 aliphatic carbocycles. The Morgan fingerprint density at radius 3 is 2.74 bits per heavy atom. The predicted molar refractivity (Wildman–Crippen MR) is 130 cm³/mol. The maximum Gasteiger partial charge on any atom is 0.216 e. The van der Waals surface area contributed by atoms with Crippen LogP contribution in [0.2, 0.25) is 0 Å². The van der Waals surface area contributed by atoms with E-state index in [4.69, 9.17) is 19.5 Å². The zero-order valence-electron chi connectivity index (χ0n) is 19.0. The molecule has 34 heavy (non-hydrogen) atoms. The molecular formula is C25H25N7O2. The molecule has 6 rings (SSSR count). The number of nitrogens with zero attached hydrogens (tertiary/aromatic N) is 6. The lowest BCUT2D eigenvalue weighted by Crippen LogP contribution is -2.57. The van der Waals surface area contributed by atoms with Gasteiger partial charge in [-0.2, -0.15) is 0 Å². The first-order valence-corrected chi connectivity index (χ1v) is 11.1. The van der Waals surface area contributed by atoms with E-state index in [1.165, 1.54) is 0 Å². The number of para-hydroxylation sites is 2. The molecule has 9 heteroatoms. The van der Waals surface area contributed by atoms with Crippen LogP contribution < -0.4 is 19.7 Å². The maximum absolute atomic E-state index is 5.57. The van der Waals surface area contributed by atoms with Crippen LogP contribution in [0.25, 0.3) is 11.0 Å². The molecule has 0 saturated heterocycles. The molecule has 9 nitrogen and oxygen atoms in total. The van der Waals surface area contributed by atoms with Gasteiger partial charge in [-0.25, -0.2) is 9.98 Å².